The summed E-state index contributed by atoms with van der Waals surface area (Å²) in [6.07, 6.45) is -4.28. The van der Waals surface area contributed by atoms with Crippen LogP contribution in [0.3, 0.4) is 0 Å². The molecule has 6 heteroatoms. The summed E-state index contributed by atoms with van der Waals surface area (Å²) in [6.45, 7) is 0. The van der Waals surface area contributed by atoms with Gasteiger partial charge < -0.3 is 0 Å². The fourth-order valence-corrected chi connectivity index (χ4v) is 2.55. The fourth-order valence-electron chi connectivity index (χ4n) is 1.33. The monoisotopic (exact) mass is 321 g/mol. The van der Waals surface area contributed by atoms with Crippen LogP contribution in [0.5, 0.6) is 0 Å². The zero-order valence-corrected chi connectivity index (χ0v) is 10.9. The summed E-state index contributed by atoms with van der Waals surface area (Å²) in [5.74, 6) is 0. The smallest absolute Gasteiger partial charge is 0.196 e. The molecule has 17 heavy (non-hydrogen) atoms. The van der Waals surface area contributed by atoms with E-state index in [2.05, 4.69) is 20.3 Å². The van der Waals surface area contributed by atoms with Crippen LogP contribution in [0.1, 0.15) is 11.3 Å². The first-order chi connectivity index (χ1) is 8.00. The lowest BCUT2D eigenvalue weighted by Crippen LogP contribution is -2.03. The van der Waals surface area contributed by atoms with E-state index in [1.807, 2.05) is 6.07 Å². The molecule has 1 aromatic carbocycles. The number of halogens is 4. The van der Waals surface area contributed by atoms with E-state index in [0.717, 1.165) is 28.3 Å². The average molecular weight is 322 g/mol. The predicted molar refractivity (Wildman–Crippen MR) is 65.2 cm³/mol. The van der Waals surface area contributed by atoms with Crippen LogP contribution in [0.2, 0.25) is 0 Å². The van der Waals surface area contributed by atoms with Crippen molar-refractivity contribution in [3.63, 3.8) is 0 Å². The second-order valence-electron chi connectivity index (χ2n) is 3.39. The Hall–Kier alpha value is -0.880. The highest BCUT2D eigenvalue weighted by atomic mass is 79.9. The number of alkyl halides is 4. The molecular formula is C11H7BrF3NS. The van der Waals surface area contributed by atoms with Gasteiger partial charge in [-0.15, -0.1) is 0 Å². The number of aromatic nitrogens is 1. The van der Waals surface area contributed by atoms with Crippen molar-refractivity contribution < 1.29 is 13.2 Å². The number of hydrogen-bond acceptors (Lipinski definition) is 2. The van der Waals surface area contributed by atoms with Crippen LogP contribution in [0.25, 0.3) is 10.4 Å². The summed E-state index contributed by atoms with van der Waals surface area (Å²) in [6, 6.07) is 6.97. The van der Waals surface area contributed by atoms with Gasteiger partial charge in [0.1, 0.15) is 0 Å². The Morgan fingerprint density at radius 3 is 2.29 bits per heavy atom. The molecule has 1 nitrogen and oxygen atoms in total. The first-order valence-electron chi connectivity index (χ1n) is 4.70. The molecule has 0 radical (unpaired) electrons. The molecule has 2 rings (SSSR count). The quantitative estimate of drug-likeness (QED) is 0.729. The van der Waals surface area contributed by atoms with E-state index in [9.17, 15) is 13.2 Å². The summed E-state index contributed by atoms with van der Waals surface area (Å²) in [5, 5.41) is 0.643. The molecular weight excluding hydrogens is 315 g/mol. The lowest BCUT2D eigenvalue weighted by atomic mass is 10.1. The van der Waals surface area contributed by atoms with E-state index < -0.39 is 11.7 Å². The van der Waals surface area contributed by atoms with Gasteiger partial charge in [-0.05, 0) is 35.3 Å². The summed E-state index contributed by atoms with van der Waals surface area (Å²) < 4.78 is 41.2. The summed E-state index contributed by atoms with van der Waals surface area (Å²) in [5.41, 5.74) is 0.999. The average Bonchev–Trinajstić information content (AvgIpc) is 2.76. The van der Waals surface area contributed by atoms with Crippen LogP contribution in [-0.2, 0) is 11.5 Å². The molecule has 0 saturated carbocycles. The predicted octanol–water partition coefficient (Wildman–Crippen LogP) is 4.72. The third kappa shape index (κ3) is 2.87. The Bertz CT molecular complexity index is 504. The van der Waals surface area contributed by atoms with E-state index in [0.29, 0.717) is 5.33 Å². The minimum atomic E-state index is -4.28. The van der Waals surface area contributed by atoms with Gasteiger partial charge in [0.2, 0.25) is 0 Å². The minimum Gasteiger partial charge on any atom is -0.196 e. The van der Waals surface area contributed by atoms with Crippen molar-refractivity contribution in [1.29, 1.82) is 0 Å². The maximum atomic E-state index is 12.4. The molecule has 0 amide bonds. The molecule has 0 saturated heterocycles. The Morgan fingerprint density at radius 2 is 1.82 bits per heavy atom. The van der Waals surface area contributed by atoms with Gasteiger partial charge in [-0.25, -0.2) is 0 Å². The zero-order valence-electron chi connectivity index (χ0n) is 8.46. The minimum absolute atomic E-state index is 0.633. The highest BCUT2D eigenvalue weighted by Gasteiger charge is 2.29. The van der Waals surface area contributed by atoms with Gasteiger partial charge in [0.25, 0.3) is 0 Å². The number of benzene rings is 1. The molecule has 0 aliphatic heterocycles. The van der Waals surface area contributed by atoms with Crippen molar-refractivity contribution in [2.75, 3.05) is 0 Å². The third-order valence-electron chi connectivity index (χ3n) is 2.19. The SMILES string of the molecule is FC(F)(F)c1ccc(-c2cc(CBr)ns2)cc1. The number of hydrogen-bond donors (Lipinski definition) is 0. The summed E-state index contributed by atoms with van der Waals surface area (Å²) in [7, 11) is 0. The standard InChI is InChI=1S/C11H7BrF3NS/c12-6-9-5-10(17-16-9)7-1-3-8(4-2-7)11(13,14)15/h1-5H,6H2. The molecule has 2 aromatic rings. The Balaban J connectivity index is 2.29. The van der Waals surface area contributed by atoms with E-state index >= 15 is 0 Å². The summed E-state index contributed by atoms with van der Waals surface area (Å²) in [4.78, 5) is 0.869. The molecule has 0 aliphatic rings. The van der Waals surface area contributed by atoms with Crippen molar-refractivity contribution in [3.8, 4) is 10.4 Å². The van der Waals surface area contributed by atoms with Crippen molar-refractivity contribution >= 4 is 27.5 Å². The van der Waals surface area contributed by atoms with Crippen molar-refractivity contribution in [2.24, 2.45) is 0 Å². The highest BCUT2D eigenvalue weighted by molar-refractivity contribution is 9.08. The molecule has 1 heterocycles. The van der Waals surface area contributed by atoms with Crippen molar-refractivity contribution in [3.05, 3.63) is 41.6 Å². The molecule has 0 N–H and O–H groups in total. The normalized spacial score (nSPS) is 11.8. The zero-order chi connectivity index (χ0) is 12.5. The third-order valence-corrected chi connectivity index (χ3v) is 3.64. The van der Waals surface area contributed by atoms with Crippen LogP contribution < -0.4 is 0 Å². The second-order valence-corrected chi connectivity index (χ2v) is 4.76. The first kappa shape index (κ1) is 12.6. The van der Waals surface area contributed by atoms with Crippen LogP contribution >= 0.6 is 27.5 Å². The first-order valence-corrected chi connectivity index (χ1v) is 6.59. The molecule has 0 bridgehead atoms. The molecule has 0 unspecified atom stereocenters. The van der Waals surface area contributed by atoms with Gasteiger partial charge in [-0.3, -0.25) is 0 Å². The largest absolute Gasteiger partial charge is 0.416 e. The van der Waals surface area contributed by atoms with E-state index in [1.54, 1.807) is 0 Å². The molecule has 0 fully saturated rings. The van der Waals surface area contributed by atoms with Gasteiger partial charge in [0.05, 0.1) is 16.1 Å². The Labute approximate surface area is 109 Å². The van der Waals surface area contributed by atoms with E-state index in [-0.39, 0.29) is 0 Å². The van der Waals surface area contributed by atoms with E-state index in [4.69, 9.17) is 0 Å². The van der Waals surface area contributed by atoms with Gasteiger partial charge in [0.15, 0.2) is 0 Å². The molecule has 0 spiro atoms. The number of nitrogens with zero attached hydrogens (tertiary/aromatic N) is 1. The van der Waals surface area contributed by atoms with Gasteiger partial charge >= 0.3 is 6.18 Å². The number of rotatable bonds is 2. The highest BCUT2D eigenvalue weighted by Crippen LogP contribution is 2.32. The second kappa shape index (κ2) is 4.78. The molecule has 90 valence electrons. The summed E-state index contributed by atoms with van der Waals surface area (Å²) >= 11 is 4.56. The van der Waals surface area contributed by atoms with Gasteiger partial charge in [-0.1, -0.05) is 28.1 Å². The topological polar surface area (TPSA) is 12.9 Å². The van der Waals surface area contributed by atoms with Gasteiger partial charge in [-0.2, -0.15) is 17.5 Å². The molecule has 0 aliphatic carbocycles. The fraction of sp³-hybridized carbons (Fsp3) is 0.182. The maximum absolute atomic E-state index is 12.4. The lowest BCUT2D eigenvalue weighted by molar-refractivity contribution is -0.137. The van der Waals surface area contributed by atoms with Crippen LogP contribution in [-0.4, -0.2) is 4.37 Å². The Kier molecular flexibility index (Phi) is 3.53. The van der Waals surface area contributed by atoms with Crippen LogP contribution in [0.15, 0.2) is 30.3 Å². The Morgan fingerprint density at radius 1 is 1.18 bits per heavy atom. The van der Waals surface area contributed by atoms with Gasteiger partial charge in [0, 0.05) is 5.33 Å². The van der Waals surface area contributed by atoms with Crippen LogP contribution in [0, 0.1) is 0 Å². The van der Waals surface area contributed by atoms with E-state index in [1.165, 1.54) is 23.7 Å². The van der Waals surface area contributed by atoms with Crippen LogP contribution in [0.4, 0.5) is 13.2 Å². The lowest BCUT2D eigenvalue weighted by Gasteiger charge is -2.06. The molecule has 0 atom stereocenters. The maximum Gasteiger partial charge on any atom is 0.416 e. The van der Waals surface area contributed by atoms with Crippen molar-refractivity contribution in [1.82, 2.24) is 4.37 Å². The molecule has 1 aromatic heterocycles. The van der Waals surface area contributed by atoms with Crippen molar-refractivity contribution in [2.45, 2.75) is 11.5 Å².